The summed E-state index contributed by atoms with van der Waals surface area (Å²) < 4.78 is 0. The van der Waals surface area contributed by atoms with E-state index < -0.39 is 0 Å². The number of aromatic nitrogens is 1. The van der Waals surface area contributed by atoms with Crippen molar-refractivity contribution in [2.75, 3.05) is 13.1 Å². The van der Waals surface area contributed by atoms with Crippen molar-refractivity contribution in [3.8, 4) is 0 Å². The Labute approximate surface area is 123 Å². The van der Waals surface area contributed by atoms with Gasteiger partial charge in [0.15, 0.2) is 0 Å². The lowest BCUT2D eigenvalue weighted by atomic mass is 10.0. The summed E-state index contributed by atoms with van der Waals surface area (Å²) in [5.74, 6) is 0.148. The zero-order chi connectivity index (χ0) is 14.7. The summed E-state index contributed by atoms with van der Waals surface area (Å²) in [6.45, 7) is 2.66. The van der Waals surface area contributed by atoms with Crippen molar-refractivity contribution in [1.82, 2.24) is 9.88 Å². The Hall–Kier alpha value is -2.27. The van der Waals surface area contributed by atoms with E-state index in [1.165, 1.54) is 5.56 Å². The molecule has 5 heteroatoms. The lowest BCUT2D eigenvalue weighted by Crippen LogP contribution is -2.20. The zero-order valence-corrected chi connectivity index (χ0v) is 11.7. The maximum Gasteiger partial charge on any atom is 0.291 e. The molecule has 1 unspecified atom stereocenters. The average Bonchev–Trinajstić information content (AvgIpc) is 2.96. The molecule has 1 saturated heterocycles. The fourth-order valence-electron chi connectivity index (χ4n) is 2.92. The van der Waals surface area contributed by atoms with Crippen molar-refractivity contribution in [3.05, 3.63) is 70.0 Å². The van der Waals surface area contributed by atoms with Gasteiger partial charge in [-0.1, -0.05) is 30.3 Å². The predicted molar refractivity (Wildman–Crippen MR) is 80.0 cm³/mol. The van der Waals surface area contributed by atoms with Crippen LogP contribution in [-0.4, -0.2) is 27.9 Å². The molecule has 0 amide bonds. The minimum Gasteiger partial charge on any atom is -0.298 e. The molecule has 2 aromatic rings. The van der Waals surface area contributed by atoms with Crippen LogP contribution in [0.3, 0.4) is 0 Å². The van der Waals surface area contributed by atoms with Gasteiger partial charge in [-0.05, 0) is 24.6 Å². The van der Waals surface area contributed by atoms with Crippen LogP contribution in [0.1, 0.15) is 23.6 Å². The Balaban J connectivity index is 1.71. The largest absolute Gasteiger partial charge is 0.298 e. The first kappa shape index (κ1) is 13.7. The third kappa shape index (κ3) is 3.08. The molecular formula is C16H17N3O2. The maximum atomic E-state index is 11.1. The highest BCUT2D eigenvalue weighted by atomic mass is 16.6. The molecule has 0 aliphatic carbocycles. The van der Waals surface area contributed by atoms with E-state index in [2.05, 4.69) is 22.0 Å². The van der Waals surface area contributed by atoms with Crippen LogP contribution in [-0.2, 0) is 6.54 Å². The van der Waals surface area contributed by atoms with E-state index in [9.17, 15) is 10.1 Å². The van der Waals surface area contributed by atoms with Crippen LogP contribution in [0.15, 0.2) is 48.7 Å². The quantitative estimate of drug-likeness (QED) is 0.639. The highest BCUT2D eigenvalue weighted by Crippen LogP contribution is 2.32. The lowest BCUT2D eigenvalue weighted by molar-refractivity contribution is -0.386. The summed E-state index contributed by atoms with van der Waals surface area (Å²) >= 11 is 0. The first-order valence-electron chi connectivity index (χ1n) is 7.09. The van der Waals surface area contributed by atoms with Crippen LogP contribution in [0, 0.1) is 10.1 Å². The third-order valence-electron chi connectivity index (χ3n) is 3.92. The van der Waals surface area contributed by atoms with Gasteiger partial charge < -0.3 is 0 Å². The summed E-state index contributed by atoms with van der Waals surface area (Å²) in [5, 5.41) is 11.1. The number of hydrogen-bond donors (Lipinski definition) is 0. The van der Waals surface area contributed by atoms with Crippen molar-refractivity contribution >= 4 is 5.69 Å². The molecule has 3 rings (SSSR count). The number of likely N-dealkylation sites (tertiary alicyclic amines) is 1. The molecule has 1 aliphatic rings. The number of rotatable bonds is 4. The van der Waals surface area contributed by atoms with E-state index in [0.29, 0.717) is 5.69 Å². The normalized spacial score (nSPS) is 18.8. The number of pyridine rings is 1. The number of nitrogens with zero attached hydrogens (tertiary/aromatic N) is 3. The van der Waals surface area contributed by atoms with E-state index in [1.807, 2.05) is 18.2 Å². The Morgan fingerprint density at radius 3 is 2.81 bits per heavy atom. The van der Waals surface area contributed by atoms with Gasteiger partial charge in [0.05, 0.1) is 4.92 Å². The molecule has 0 radical (unpaired) electrons. The molecule has 1 aromatic carbocycles. The summed E-state index contributed by atoms with van der Waals surface area (Å²) in [4.78, 5) is 17.4. The highest BCUT2D eigenvalue weighted by molar-refractivity contribution is 5.37. The minimum atomic E-state index is -0.331. The van der Waals surface area contributed by atoms with Gasteiger partial charge in [0.25, 0.3) is 5.69 Å². The van der Waals surface area contributed by atoms with Crippen LogP contribution >= 0.6 is 0 Å². The van der Waals surface area contributed by atoms with Crippen LogP contribution < -0.4 is 0 Å². The molecule has 1 fully saturated rings. The van der Waals surface area contributed by atoms with Gasteiger partial charge in [-0.25, -0.2) is 0 Å². The lowest BCUT2D eigenvalue weighted by Gasteiger charge is -2.15. The summed E-state index contributed by atoms with van der Waals surface area (Å²) in [6, 6.07) is 13.5. The fraction of sp³-hybridized carbons (Fsp3) is 0.312. The van der Waals surface area contributed by atoms with Gasteiger partial charge >= 0.3 is 0 Å². The first-order chi connectivity index (χ1) is 10.2. The van der Waals surface area contributed by atoms with Gasteiger partial charge in [0.1, 0.15) is 5.69 Å². The second-order valence-corrected chi connectivity index (χ2v) is 5.37. The molecule has 1 aromatic heterocycles. The molecule has 1 atom stereocenters. The highest BCUT2D eigenvalue weighted by Gasteiger charge is 2.30. The van der Waals surface area contributed by atoms with Crippen LogP contribution in [0.5, 0.6) is 0 Å². The van der Waals surface area contributed by atoms with Crippen molar-refractivity contribution in [2.24, 2.45) is 0 Å². The van der Waals surface area contributed by atoms with Crippen molar-refractivity contribution in [3.63, 3.8) is 0 Å². The second-order valence-electron chi connectivity index (χ2n) is 5.37. The second kappa shape index (κ2) is 6.01. The Morgan fingerprint density at radius 1 is 1.24 bits per heavy atom. The average molecular weight is 283 g/mol. The molecule has 21 heavy (non-hydrogen) atoms. The Morgan fingerprint density at radius 2 is 2.05 bits per heavy atom. The van der Waals surface area contributed by atoms with E-state index >= 15 is 0 Å². The topological polar surface area (TPSA) is 59.3 Å². The van der Waals surface area contributed by atoms with Gasteiger partial charge in [0.2, 0.25) is 0 Å². The van der Waals surface area contributed by atoms with Crippen molar-refractivity contribution in [1.29, 1.82) is 0 Å². The maximum absolute atomic E-state index is 11.1. The van der Waals surface area contributed by atoms with Crippen molar-refractivity contribution < 1.29 is 4.92 Å². The van der Waals surface area contributed by atoms with Crippen LogP contribution in [0.2, 0.25) is 0 Å². The third-order valence-corrected chi connectivity index (χ3v) is 3.92. The monoisotopic (exact) mass is 283 g/mol. The van der Waals surface area contributed by atoms with Gasteiger partial charge in [-0.15, -0.1) is 0 Å². The van der Waals surface area contributed by atoms with E-state index in [1.54, 1.807) is 18.3 Å². The van der Waals surface area contributed by atoms with E-state index in [-0.39, 0.29) is 16.5 Å². The predicted octanol–water partition coefficient (Wildman–Crippen LogP) is 2.98. The molecule has 0 saturated carbocycles. The minimum absolute atomic E-state index is 0.143. The summed E-state index contributed by atoms with van der Waals surface area (Å²) in [5.41, 5.74) is 2.04. The number of hydrogen-bond acceptors (Lipinski definition) is 4. The SMILES string of the molecule is O=[N+]([O-])c1cccnc1C1CCN(Cc2ccccc2)C1. The fourth-order valence-corrected chi connectivity index (χ4v) is 2.92. The number of benzene rings is 1. The van der Waals surface area contributed by atoms with Crippen LogP contribution in [0.4, 0.5) is 5.69 Å². The molecule has 5 nitrogen and oxygen atoms in total. The summed E-state index contributed by atoms with van der Waals surface area (Å²) in [6.07, 6.45) is 2.56. The molecule has 0 N–H and O–H groups in total. The standard InChI is InChI=1S/C16H17N3O2/c20-19(21)15-7-4-9-17-16(15)14-8-10-18(12-14)11-13-5-2-1-3-6-13/h1-7,9,14H,8,10-12H2. The molecule has 0 bridgehead atoms. The Kier molecular flexibility index (Phi) is 3.92. The molecule has 1 aliphatic heterocycles. The number of nitro groups is 1. The Bertz CT molecular complexity index is 630. The van der Waals surface area contributed by atoms with Crippen molar-refractivity contribution in [2.45, 2.75) is 18.9 Å². The molecule has 2 heterocycles. The summed E-state index contributed by atoms with van der Waals surface area (Å²) in [7, 11) is 0. The van der Waals surface area contributed by atoms with Gasteiger partial charge in [0, 0.05) is 31.3 Å². The van der Waals surface area contributed by atoms with E-state index in [0.717, 1.165) is 26.1 Å². The smallest absolute Gasteiger partial charge is 0.291 e. The molecule has 0 spiro atoms. The van der Waals surface area contributed by atoms with E-state index in [4.69, 9.17) is 0 Å². The van der Waals surface area contributed by atoms with Gasteiger partial charge in [-0.3, -0.25) is 20.0 Å². The zero-order valence-electron chi connectivity index (χ0n) is 11.7. The van der Waals surface area contributed by atoms with Gasteiger partial charge in [-0.2, -0.15) is 0 Å². The molecular weight excluding hydrogens is 266 g/mol. The van der Waals surface area contributed by atoms with Crippen LogP contribution in [0.25, 0.3) is 0 Å². The first-order valence-corrected chi connectivity index (χ1v) is 7.09. The molecule has 108 valence electrons.